The molecule has 0 saturated carbocycles. The Kier molecular flexibility index (Phi) is 5.90. The first-order valence-corrected chi connectivity index (χ1v) is 7.43. The number of nitrogens with zero attached hydrogens (tertiary/aromatic N) is 1. The van der Waals surface area contributed by atoms with E-state index in [0.717, 1.165) is 24.4 Å². The Labute approximate surface area is 133 Å². The van der Waals surface area contributed by atoms with Crippen LogP contribution >= 0.6 is 0 Å². The maximum Gasteiger partial charge on any atom is 0.573 e. The summed E-state index contributed by atoms with van der Waals surface area (Å²) in [4.78, 5) is 4.16. The topological polar surface area (TPSA) is 45.7 Å². The Bertz CT molecular complexity index is 545. The minimum Gasteiger partial charge on any atom is -0.406 e. The number of aliphatic imine (C=N–C) groups is 1. The van der Waals surface area contributed by atoms with Crippen molar-refractivity contribution >= 4 is 5.96 Å². The molecule has 1 aromatic carbocycles. The summed E-state index contributed by atoms with van der Waals surface area (Å²) in [6.45, 7) is 0.638. The summed E-state index contributed by atoms with van der Waals surface area (Å²) in [6.07, 6.45) is 2.26. The Morgan fingerprint density at radius 2 is 1.87 bits per heavy atom. The quantitative estimate of drug-likeness (QED) is 0.496. The second-order valence-electron chi connectivity index (χ2n) is 5.22. The van der Waals surface area contributed by atoms with Gasteiger partial charge in [-0.3, -0.25) is 4.99 Å². The van der Waals surface area contributed by atoms with Gasteiger partial charge in [0.15, 0.2) is 5.96 Å². The Hall–Kier alpha value is -2.18. The van der Waals surface area contributed by atoms with Crippen molar-refractivity contribution in [2.75, 3.05) is 13.6 Å². The largest absolute Gasteiger partial charge is 0.573 e. The predicted octanol–water partition coefficient (Wildman–Crippen LogP) is 3.01. The van der Waals surface area contributed by atoms with Crippen LogP contribution in [0.5, 0.6) is 5.75 Å². The summed E-state index contributed by atoms with van der Waals surface area (Å²) in [6, 6.07) is 6.26. The van der Waals surface area contributed by atoms with Gasteiger partial charge in [-0.1, -0.05) is 24.3 Å². The summed E-state index contributed by atoms with van der Waals surface area (Å²) in [5.41, 5.74) is 0.921. The second-order valence-corrected chi connectivity index (χ2v) is 5.22. The zero-order chi connectivity index (χ0) is 16.7. The summed E-state index contributed by atoms with van der Waals surface area (Å²) in [5.74, 6) is 0.524. The van der Waals surface area contributed by atoms with E-state index in [1.54, 1.807) is 19.2 Å². The lowest BCUT2D eigenvalue weighted by molar-refractivity contribution is -0.274. The van der Waals surface area contributed by atoms with E-state index in [-0.39, 0.29) is 5.75 Å². The lowest BCUT2D eigenvalue weighted by Gasteiger charge is -2.17. The van der Waals surface area contributed by atoms with E-state index in [1.165, 1.54) is 12.1 Å². The lowest BCUT2D eigenvalue weighted by Crippen LogP contribution is -2.43. The van der Waals surface area contributed by atoms with Crippen molar-refractivity contribution in [3.05, 3.63) is 42.0 Å². The van der Waals surface area contributed by atoms with Crippen LogP contribution < -0.4 is 15.4 Å². The van der Waals surface area contributed by atoms with E-state index >= 15 is 0 Å². The fourth-order valence-corrected chi connectivity index (χ4v) is 2.31. The SMILES string of the molecule is CN=C(NCCc1ccc(OC(F)(F)F)cc1)NC1CC=CC1. The van der Waals surface area contributed by atoms with Crippen molar-refractivity contribution in [2.24, 2.45) is 4.99 Å². The van der Waals surface area contributed by atoms with Crippen LogP contribution in [0.4, 0.5) is 13.2 Å². The molecule has 1 aromatic rings. The predicted molar refractivity (Wildman–Crippen MR) is 83.5 cm³/mol. The number of nitrogens with one attached hydrogen (secondary N) is 2. The highest BCUT2D eigenvalue weighted by molar-refractivity contribution is 5.80. The van der Waals surface area contributed by atoms with Gasteiger partial charge in [-0.25, -0.2) is 0 Å². The molecule has 0 bridgehead atoms. The molecular formula is C16H20F3N3O. The molecule has 0 amide bonds. The normalized spacial score (nSPS) is 15.7. The van der Waals surface area contributed by atoms with Gasteiger partial charge in [-0.05, 0) is 37.0 Å². The number of rotatable bonds is 5. The van der Waals surface area contributed by atoms with Crippen molar-refractivity contribution in [1.82, 2.24) is 10.6 Å². The smallest absolute Gasteiger partial charge is 0.406 e. The van der Waals surface area contributed by atoms with Crippen LogP contribution in [0.1, 0.15) is 18.4 Å². The van der Waals surface area contributed by atoms with E-state index in [9.17, 15) is 13.2 Å². The van der Waals surface area contributed by atoms with E-state index in [4.69, 9.17) is 0 Å². The summed E-state index contributed by atoms with van der Waals surface area (Å²) in [5, 5.41) is 6.52. The molecule has 0 atom stereocenters. The second kappa shape index (κ2) is 7.89. The van der Waals surface area contributed by atoms with E-state index < -0.39 is 6.36 Å². The number of hydrogen-bond donors (Lipinski definition) is 2. The molecule has 4 nitrogen and oxygen atoms in total. The first-order valence-electron chi connectivity index (χ1n) is 7.43. The zero-order valence-corrected chi connectivity index (χ0v) is 12.9. The van der Waals surface area contributed by atoms with Gasteiger partial charge in [-0.15, -0.1) is 13.2 Å². The molecular weight excluding hydrogens is 307 g/mol. The van der Waals surface area contributed by atoms with Crippen LogP contribution in [-0.4, -0.2) is 32.0 Å². The van der Waals surface area contributed by atoms with E-state index in [1.807, 2.05) is 0 Å². The van der Waals surface area contributed by atoms with Gasteiger partial charge in [0.05, 0.1) is 0 Å². The summed E-state index contributed by atoms with van der Waals surface area (Å²) < 4.78 is 40.1. The fourth-order valence-electron chi connectivity index (χ4n) is 2.31. The van der Waals surface area contributed by atoms with Gasteiger partial charge in [0.2, 0.25) is 0 Å². The number of benzene rings is 1. The highest BCUT2D eigenvalue weighted by Gasteiger charge is 2.30. The zero-order valence-electron chi connectivity index (χ0n) is 12.9. The van der Waals surface area contributed by atoms with Gasteiger partial charge < -0.3 is 15.4 Å². The highest BCUT2D eigenvalue weighted by atomic mass is 19.4. The van der Waals surface area contributed by atoms with Crippen LogP contribution in [0.2, 0.25) is 0 Å². The highest BCUT2D eigenvalue weighted by Crippen LogP contribution is 2.22. The molecule has 0 unspecified atom stereocenters. The van der Waals surface area contributed by atoms with Crippen molar-refractivity contribution in [2.45, 2.75) is 31.7 Å². The van der Waals surface area contributed by atoms with Gasteiger partial charge in [0, 0.05) is 19.6 Å². The standard InChI is InChI=1S/C16H20F3N3O/c1-20-15(22-13-4-2-3-5-13)21-11-10-12-6-8-14(9-7-12)23-16(17,18)19/h2-3,6-9,13H,4-5,10-11H2,1H3,(H2,20,21,22). The number of ether oxygens (including phenoxy) is 1. The molecule has 2 N–H and O–H groups in total. The lowest BCUT2D eigenvalue weighted by atomic mass is 10.1. The molecule has 0 heterocycles. The van der Waals surface area contributed by atoms with Crippen LogP contribution in [0.25, 0.3) is 0 Å². The summed E-state index contributed by atoms with van der Waals surface area (Å²) in [7, 11) is 1.71. The van der Waals surface area contributed by atoms with Crippen LogP contribution in [0, 0.1) is 0 Å². The minimum absolute atomic E-state index is 0.208. The van der Waals surface area contributed by atoms with E-state index in [2.05, 4.69) is 32.5 Å². The third-order valence-electron chi connectivity index (χ3n) is 3.44. The van der Waals surface area contributed by atoms with Crippen molar-refractivity contribution in [3.8, 4) is 5.75 Å². The van der Waals surface area contributed by atoms with Crippen molar-refractivity contribution in [3.63, 3.8) is 0 Å². The molecule has 2 rings (SSSR count). The average molecular weight is 327 g/mol. The molecule has 0 radical (unpaired) electrons. The first kappa shape index (κ1) is 17.2. The number of alkyl halides is 3. The molecule has 0 fully saturated rings. The molecule has 7 heteroatoms. The van der Waals surface area contributed by atoms with Crippen molar-refractivity contribution in [1.29, 1.82) is 0 Å². The fraction of sp³-hybridized carbons (Fsp3) is 0.438. The third-order valence-corrected chi connectivity index (χ3v) is 3.44. The molecule has 1 aliphatic carbocycles. The third kappa shape index (κ3) is 6.22. The Balaban J connectivity index is 1.74. The van der Waals surface area contributed by atoms with Gasteiger partial charge >= 0.3 is 6.36 Å². The van der Waals surface area contributed by atoms with Crippen LogP contribution in [0.3, 0.4) is 0 Å². The van der Waals surface area contributed by atoms with Gasteiger partial charge in [0.1, 0.15) is 5.75 Å². The molecule has 23 heavy (non-hydrogen) atoms. The first-order chi connectivity index (χ1) is 11.0. The summed E-state index contributed by atoms with van der Waals surface area (Å²) >= 11 is 0. The Morgan fingerprint density at radius 1 is 1.22 bits per heavy atom. The van der Waals surface area contributed by atoms with Gasteiger partial charge in [-0.2, -0.15) is 0 Å². The maximum atomic E-state index is 12.1. The molecule has 0 aliphatic heterocycles. The van der Waals surface area contributed by atoms with Crippen LogP contribution in [0.15, 0.2) is 41.4 Å². The molecule has 126 valence electrons. The number of halogens is 3. The Morgan fingerprint density at radius 3 is 2.43 bits per heavy atom. The molecule has 0 aromatic heterocycles. The maximum absolute atomic E-state index is 12.1. The van der Waals surface area contributed by atoms with Crippen molar-refractivity contribution < 1.29 is 17.9 Å². The molecule has 0 saturated heterocycles. The monoisotopic (exact) mass is 327 g/mol. The van der Waals surface area contributed by atoms with E-state index in [0.29, 0.717) is 19.0 Å². The number of hydrogen-bond acceptors (Lipinski definition) is 2. The minimum atomic E-state index is -4.66. The average Bonchev–Trinajstić information content (AvgIpc) is 2.99. The molecule has 1 aliphatic rings. The number of guanidine groups is 1. The van der Waals surface area contributed by atoms with Gasteiger partial charge in [0.25, 0.3) is 0 Å². The van der Waals surface area contributed by atoms with Crippen LogP contribution in [-0.2, 0) is 6.42 Å². The molecule has 0 spiro atoms.